The monoisotopic (exact) mass is 473 g/mol. The van der Waals surface area contributed by atoms with Crippen molar-refractivity contribution in [2.45, 2.75) is 19.9 Å². The first-order valence-corrected chi connectivity index (χ1v) is 10.8. The Hall–Kier alpha value is -3.87. The molecule has 3 aromatic heterocycles. The van der Waals surface area contributed by atoms with Crippen LogP contribution in [0.15, 0.2) is 18.3 Å². The highest BCUT2D eigenvalue weighted by molar-refractivity contribution is 5.75. The summed E-state index contributed by atoms with van der Waals surface area (Å²) in [6, 6.07) is 2.55. The van der Waals surface area contributed by atoms with Crippen molar-refractivity contribution in [3.8, 4) is 0 Å². The molecule has 0 unspecified atom stereocenters. The van der Waals surface area contributed by atoms with Crippen LogP contribution in [0.1, 0.15) is 18.3 Å². The number of fused-ring (bicyclic) bond motifs is 2. The molecule has 3 N–H and O–H groups in total. The molecule has 0 radical (unpaired) electrons. The minimum Gasteiger partial charge on any atom is -0.483 e. The van der Waals surface area contributed by atoms with Gasteiger partial charge in [0, 0.05) is 31.7 Å². The van der Waals surface area contributed by atoms with E-state index in [1.165, 1.54) is 6.07 Å². The van der Waals surface area contributed by atoms with Gasteiger partial charge in [0.2, 0.25) is 11.9 Å². The van der Waals surface area contributed by atoms with Crippen LogP contribution in [0.3, 0.4) is 0 Å². The van der Waals surface area contributed by atoms with E-state index >= 15 is 0 Å². The molecule has 1 aromatic carbocycles. The van der Waals surface area contributed by atoms with Crippen molar-refractivity contribution in [1.82, 2.24) is 34.4 Å². The molecule has 180 valence electrons. The third-order valence-corrected chi connectivity index (χ3v) is 5.61. The number of H-pyrrole nitrogens is 1. The molecule has 1 saturated heterocycles. The van der Waals surface area contributed by atoms with Crippen molar-refractivity contribution in [3.63, 3.8) is 0 Å². The number of nitrogens with zero attached hydrogens (tertiary/aromatic N) is 7. The number of imidazole rings is 1. The number of hydrogen-bond donors (Lipinski definition) is 3. The minimum absolute atomic E-state index is 0.0184. The fraction of sp³-hybridized carbons (Fsp3) is 0.381. The number of nitrogens with one attached hydrogen (secondary N) is 2. The Morgan fingerprint density at radius 3 is 2.62 bits per heavy atom. The lowest BCUT2D eigenvalue weighted by molar-refractivity contribution is -0.122. The van der Waals surface area contributed by atoms with E-state index in [1.54, 1.807) is 10.7 Å². The molecule has 0 atom stereocenters. The molecule has 1 fully saturated rings. The maximum atomic E-state index is 14.0. The van der Waals surface area contributed by atoms with Crippen LogP contribution in [-0.2, 0) is 17.8 Å². The lowest BCUT2D eigenvalue weighted by Gasteiger charge is -2.32. The van der Waals surface area contributed by atoms with Crippen molar-refractivity contribution < 1.29 is 18.7 Å². The summed E-state index contributed by atoms with van der Waals surface area (Å²) in [6.45, 7) is 5.62. The molecule has 1 aliphatic rings. The quantitative estimate of drug-likeness (QED) is 0.372. The van der Waals surface area contributed by atoms with Gasteiger partial charge >= 0.3 is 0 Å². The Morgan fingerprint density at radius 1 is 1.18 bits per heavy atom. The van der Waals surface area contributed by atoms with Crippen molar-refractivity contribution >= 4 is 35.0 Å². The number of rotatable bonds is 5. The van der Waals surface area contributed by atoms with E-state index < -0.39 is 11.6 Å². The van der Waals surface area contributed by atoms with Crippen LogP contribution in [0.5, 0.6) is 0 Å². The standard InChI is InChI=1S/C20H23F2N9.CH2O2/c1-3-12-10-24-31-18(12)27-20(30-8-6-29(2)7-9-30)28-19(31)23-11-15-25-14-5-4-13(21)16(22)17(14)26-15;2-1-3/h4-5,10H,3,6-9,11H2,1-2H3,(H,25,26)(H,23,27,28);1H,(H,2,3). The third kappa shape index (κ3) is 4.59. The molecule has 0 amide bonds. The maximum absolute atomic E-state index is 14.0. The third-order valence-electron chi connectivity index (χ3n) is 5.61. The summed E-state index contributed by atoms with van der Waals surface area (Å²) in [5.41, 5.74) is 2.21. The first-order valence-electron chi connectivity index (χ1n) is 10.8. The van der Waals surface area contributed by atoms with E-state index in [0.29, 0.717) is 23.2 Å². The normalized spacial score (nSPS) is 14.3. The fourth-order valence-corrected chi connectivity index (χ4v) is 3.74. The Labute approximate surface area is 193 Å². The summed E-state index contributed by atoms with van der Waals surface area (Å²) < 4.78 is 29.1. The van der Waals surface area contributed by atoms with Gasteiger partial charge in [0.15, 0.2) is 17.3 Å². The average Bonchev–Trinajstić information content (AvgIpc) is 3.45. The zero-order chi connectivity index (χ0) is 24.2. The summed E-state index contributed by atoms with van der Waals surface area (Å²) in [5.74, 6) is -0.241. The highest BCUT2D eigenvalue weighted by Crippen LogP contribution is 2.21. The van der Waals surface area contributed by atoms with Crippen LogP contribution in [0.4, 0.5) is 20.7 Å². The number of anilines is 2. The van der Waals surface area contributed by atoms with Crippen molar-refractivity contribution in [2.24, 2.45) is 0 Å². The van der Waals surface area contributed by atoms with E-state index in [0.717, 1.165) is 49.9 Å². The Kier molecular flexibility index (Phi) is 6.82. The molecule has 11 nitrogen and oxygen atoms in total. The minimum atomic E-state index is -0.957. The van der Waals surface area contributed by atoms with Gasteiger partial charge in [-0.25, -0.2) is 13.8 Å². The highest BCUT2D eigenvalue weighted by Gasteiger charge is 2.20. The summed E-state index contributed by atoms with van der Waals surface area (Å²) >= 11 is 0. The van der Waals surface area contributed by atoms with Gasteiger partial charge in [-0.15, -0.1) is 0 Å². The van der Waals surface area contributed by atoms with Crippen molar-refractivity contribution in [3.05, 3.63) is 41.4 Å². The van der Waals surface area contributed by atoms with Crippen LogP contribution in [0, 0.1) is 11.6 Å². The van der Waals surface area contributed by atoms with Crippen LogP contribution >= 0.6 is 0 Å². The lowest BCUT2D eigenvalue weighted by Crippen LogP contribution is -2.45. The van der Waals surface area contributed by atoms with Gasteiger partial charge in [-0.3, -0.25) is 4.79 Å². The van der Waals surface area contributed by atoms with E-state index in [4.69, 9.17) is 19.9 Å². The van der Waals surface area contributed by atoms with E-state index in [1.807, 2.05) is 0 Å². The molecule has 0 bridgehead atoms. The molecular weight excluding hydrogens is 448 g/mol. The molecule has 5 rings (SSSR count). The van der Waals surface area contributed by atoms with Gasteiger partial charge in [-0.1, -0.05) is 6.92 Å². The van der Waals surface area contributed by atoms with Gasteiger partial charge in [0.25, 0.3) is 6.47 Å². The summed E-state index contributed by atoms with van der Waals surface area (Å²) in [5, 5.41) is 14.5. The zero-order valence-electron chi connectivity index (χ0n) is 18.8. The number of carbonyl (C=O) groups is 1. The second kappa shape index (κ2) is 9.95. The molecule has 0 aliphatic carbocycles. The largest absolute Gasteiger partial charge is 0.483 e. The predicted molar refractivity (Wildman–Crippen MR) is 122 cm³/mol. The van der Waals surface area contributed by atoms with Crippen LogP contribution in [0.25, 0.3) is 16.7 Å². The Bertz CT molecular complexity index is 1300. The molecule has 0 spiro atoms. The highest BCUT2D eigenvalue weighted by atomic mass is 19.2. The molecule has 34 heavy (non-hydrogen) atoms. The molecular formula is C21H25F2N9O2. The molecule has 1 aliphatic heterocycles. The SMILES string of the molecule is CCc1cnn2c(NCc3nc4c(F)c(F)ccc4[nH]3)nc(N3CCN(C)CC3)nc12.O=CO. The molecule has 13 heteroatoms. The number of piperazine rings is 1. The van der Waals surface area contributed by atoms with Gasteiger partial charge < -0.3 is 25.2 Å². The fourth-order valence-electron chi connectivity index (χ4n) is 3.74. The first kappa shape index (κ1) is 23.3. The molecule has 0 saturated carbocycles. The summed E-state index contributed by atoms with van der Waals surface area (Å²) in [7, 11) is 2.10. The number of likely N-dealkylation sites (N-methyl/N-ethyl adjacent to an activating group) is 1. The molecule has 4 heterocycles. The number of benzene rings is 1. The second-order valence-corrected chi connectivity index (χ2v) is 7.80. The lowest BCUT2D eigenvalue weighted by atomic mass is 10.3. The Morgan fingerprint density at radius 2 is 1.91 bits per heavy atom. The number of aryl methyl sites for hydroxylation is 1. The number of aromatic nitrogens is 6. The van der Waals surface area contributed by atoms with Gasteiger partial charge in [-0.2, -0.15) is 19.6 Å². The van der Waals surface area contributed by atoms with Crippen LogP contribution < -0.4 is 10.2 Å². The van der Waals surface area contributed by atoms with E-state index in [9.17, 15) is 8.78 Å². The van der Waals surface area contributed by atoms with Gasteiger partial charge in [-0.05, 0) is 25.6 Å². The smallest absolute Gasteiger partial charge is 0.290 e. The second-order valence-electron chi connectivity index (χ2n) is 7.80. The number of carboxylic acid groups (broad SMARTS) is 1. The zero-order valence-corrected chi connectivity index (χ0v) is 18.8. The van der Waals surface area contributed by atoms with Crippen LogP contribution in [-0.4, -0.2) is 79.3 Å². The van der Waals surface area contributed by atoms with Crippen molar-refractivity contribution in [1.29, 1.82) is 0 Å². The maximum Gasteiger partial charge on any atom is 0.290 e. The van der Waals surface area contributed by atoms with Crippen LogP contribution in [0.2, 0.25) is 0 Å². The van der Waals surface area contributed by atoms with E-state index in [-0.39, 0.29) is 18.5 Å². The first-order chi connectivity index (χ1) is 16.4. The number of hydrogen-bond acceptors (Lipinski definition) is 8. The topological polar surface area (TPSA) is 128 Å². The molecule has 4 aromatic rings. The van der Waals surface area contributed by atoms with Crippen molar-refractivity contribution in [2.75, 3.05) is 43.4 Å². The predicted octanol–water partition coefficient (Wildman–Crippen LogP) is 1.91. The van der Waals surface area contributed by atoms with Gasteiger partial charge in [0.05, 0.1) is 18.3 Å². The summed E-state index contributed by atoms with van der Waals surface area (Å²) in [4.78, 5) is 29.5. The van der Waals surface area contributed by atoms with E-state index in [2.05, 4.69) is 44.2 Å². The summed E-state index contributed by atoms with van der Waals surface area (Å²) in [6.07, 6.45) is 2.60. The Balaban J connectivity index is 0.000000868. The van der Waals surface area contributed by atoms with Gasteiger partial charge in [0.1, 0.15) is 11.3 Å². The average molecular weight is 473 g/mol. The number of aromatic amines is 1. The number of halogens is 2.